The zero-order valence-corrected chi connectivity index (χ0v) is 16.0. The van der Waals surface area contributed by atoms with E-state index in [9.17, 15) is 9.59 Å². The van der Waals surface area contributed by atoms with Crippen molar-refractivity contribution in [2.75, 3.05) is 44.6 Å². The van der Waals surface area contributed by atoms with Gasteiger partial charge in [0.2, 0.25) is 0 Å². The predicted octanol–water partition coefficient (Wildman–Crippen LogP) is 3.47. The number of halogens is 1. The highest BCUT2D eigenvalue weighted by molar-refractivity contribution is 6.30. The molecular weight excluding hydrogens is 342 g/mol. The molecule has 1 rings (SSSR count). The van der Waals surface area contributed by atoms with Crippen LogP contribution in [0.2, 0.25) is 5.02 Å². The summed E-state index contributed by atoms with van der Waals surface area (Å²) in [6.07, 6.45) is 0.181. The summed E-state index contributed by atoms with van der Waals surface area (Å²) >= 11 is 5.86. The number of hydrogen-bond donors (Lipinski definition) is 1. The normalized spacial score (nSPS) is 10.6. The number of ether oxygens (including phenoxy) is 1. The first-order valence-electron chi connectivity index (χ1n) is 8.69. The lowest BCUT2D eigenvalue weighted by Crippen LogP contribution is -2.42. The minimum atomic E-state index is -0.297. The maximum atomic E-state index is 12.6. The Morgan fingerprint density at radius 3 is 2.24 bits per heavy atom. The molecule has 0 bridgehead atoms. The maximum absolute atomic E-state index is 12.6. The van der Waals surface area contributed by atoms with Crippen LogP contribution in [0.5, 0.6) is 0 Å². The number of benzene rings is 1. The van der Waals surface area contributed by atoms with Crippen molar-refractivity contribution in [2.24, 2.45) is 0 Å². The third-order valence-electron chi connectivity index (χ3n) is 3.85. The molecule has 25 heavy (non-hydrogen) atoms. The molecule has 140 valence electrons. The first kappa shape index (κ1) is 21.3. The van der Waals surface area contributed by atoms with Gasteiger partial charge in [-0.1, -0.05) is 25.4 Å². The summed E-state index contributed by atoms with van der Waals surface area (Å²) in [4.78, 5) is 28.1. The Labute approximate surface area is 155 Å². The largest absolute Gasteiger partial charge is 0.466 e. The van der Waals surface area contributed by atoms with Crippen molar-refractivity contribution in [3.63, 3.8) is 0 Å². The SMILES string of the molecule is CCOC(=O)CCN(CCN(CC)CC)C(=O)Nc1ccc(Cl)cc1. The second-order valence-electron chi connectivity index (χ2n) is 5.51. The molecule has 0 aliphatic heterocycles. The number of rotatable bonds is 10. The van der Waals surface area contributed by atoms with Crippen molar-refractivity contribution in [1.29, 1.82) is 0 Å². The first-order valence-corrected chi connectivity index (χ1v) is 9.07. The molecule has 0 spiro atoms. The van der Waals surface area contributed by atoms with Gasteiger partial charge < -0.3 is 19.9 Å². The minimum Gasteiger partial charge on any atom is -0.466 e. The molecular formula is C18H28ClN3O3. The highest BCUT2D eigenvalue weighted by Crippen LogP contribution is 2.14. The van der Waals surface area contributed by atoms with Gasteiger partial charge in [-0.25, -0.2) is 4.79 Å². The lowest BCUT2D eigenvalue weighted by molar-refractivity contribution is -0.143. The Kier molecular flexibility index (Phi) is 9.96. The first-order chi connectivity index (χ1) is 12.0. The van der Waals surface area contributed by atoms with Gasteiger partial charge in [0.1, 0.15) is 0 Å². The molecule has 6 nitrogen and oxygen atoms in total. The lowest BCUT2D eigenvalue weighted by Gasteiger charge is -2.26. The Morgan fingerprint density at radius 1 is 1.04 bits per heavy atom. The fourth-order valence-electron chi connectivity index (χ4n) is 2.31. The summed E-state index contributed by atoms with van der Waals surface area (Å²) in [5, 5.41) is 3.45. The summed E-state index contributed by atoms with van der Waals surface area (Å²) in [7, 11) is 0. The van der Waals surface area contributed by atoms with Gasteiger partial charge in [-0.3, -0.25) is 4.79 Å². The molecule has 2 amide bonds. The van der Waals surface area contributed by atoms with E-state index in [0.717, 1.165) is 19.6 Å². The fraction of sp³-hybridized carbons (Fsp3) is 0.556. The number of carbonyl (C=O) groups excluding carboxylic acids is 2. The number of likely N-dealkylation sites (N-methyl/N-ethyl adjacent to an activating group) is 1. The van der Waals surface area contributed by atoms with Crippen molar-refractivity contribution in [2.45, 2.75) is 27.2 Å². The van der Waals surface area contributed by atoms with Gasteiger partial charge in [-0.2, -0.15) is 0 Å². The highest BCUT2D eigenvalue weighted by Gasteiger charge is 2.16. The van der Waals surface area contributed by atoms with Crippen LogP contribution in [-0.2, 0) is 9.53 Å². The summed E-state index contributed by atoms with van der Waals surface area (Å²) in [6.45, 7) is 9.73. The number of nitrogens with one attached hydrogen (secondary N) is 1. The van der Waals surface area contributed by atoms with Gasteiger partial charge in [0.25, 0.3) is 0 Å². The lowest BCUT2D eigenvalue weighted by atomic mass is 10.3. The van der Waals surface area contributed by atoms with E-state index in [2.05, 4.69) is 24.1 Å². The monoisotopic (exact) mass is 369 g/mol. The molecule has 0 aromatic heterocycles. The van der Waals surface area contributed by atoms with Crippen LogP contribution in [0.25, 0.3) is 0 Å². The Morgan fingerprint density at radius 2 is 1.68 bits per heavy atom. The standard InChI is InChI=1S/C18H28ClN3O3/c1-4-21(5-2)13-14-22(12-11-17(23)25-6-3)18(24)20-16-9-7-15(19)8-10-16/h7-10H,4-6,11-14H2,1-3H3,(H,20,24). The van der Waals surface area contributed by atoms with Gasteiger partial charge >= 0.3 is 12.0 Å². The number of carbonyl (C=O) groups is 2. The molecule has 0 atom stereocenters. The second-order valence-corrected chi connectivity index (χ2v) is 5.94. The van der Waals surface area contributed by atoms with E-state index in [4.69, 9.17) is 16.3 Å². The minimum absolute atomic E-state index is 0.181. The molecule has 0 fully saturated rings. The van der Waals surface area contributed by atoms with Crippen molar-refractivity contribution < 1.29 is 14.3 Å². The third kappa shape index (κ3) is 8.23. The molecule has 7 heteroatoms. The fourth-order valence-corrected chi connectivity index (χ4v) is 2.44. The van der Waals surface area contributed by atoms with Gasteiger partial charge in [0, 0.05) is 30.3 Å². The average molecular weight is 370 g/mol. The molecule has 1 aromatic rings. The van der Waals surface area contributed by atoms with Crippen molar-refractivity contribution in [3.05, 3.63) is 29.3 Å². The molecule has 1 N–H and O–H groups in total. The van der Waals surface area contributed by atoms with Crippen LogP contribution in [0.1, 0.15) is 27.2 Å². The van der Waals surface area contributed by atoms with Crippen LogP contribution in [0.3, 0.4) is 0 Å². The third-order valence-corrected chi connectivity index (χ3v) is 4.11. The van der Waals surface area contributed by atoms with Crippen LogP contribution >= 0.6 is 11.6 Å². The number of hydrogen-bond acceptors (Lipinski definition) is 4. The van der Waals surface area contributed by atoms with Crippen LogP contribution in [0.15, 0.2) is 24.3 Å². The quantitative estimate of drug-likeness (QED) is 0.641. The summed E-state index contributed by atoms with van der Waals surface area (Å²) in [5.74, 6) is -0.297. The van der Waals surface area contributed by atoms with Gasteiger partial charge in [-0.15, -0.1) is 0 Å². The smallest absolute Gasteiger partial charge is 0.321 e. The van der Waals surface area contributed by atoms with Gasteiger partial charge in [0.05, 0.1) is 13.0 Å². The van der Waals surface area contributed by atoms with Crippen molar-refractivity contribution in [1.82, 2.24) is 9.80 Å². The van der Waals surface area contributed by atoms with E-state index in [0.29, 0.717) is 30.4 Å². The number of esters is 1. The molecule has 1 aromatic carbocycles. The van der Waals surface area contributed by atoms with Crippen LogP contribution < -0.4 is 5.32 Å². The summed E-state index contributed by atoms with van der Waals surface area (Å²) in [6, 6.07) is 6.69. The Bertz CT molecular complexity index is 533. The molecule has 0 heterocycles. The van der Waals surface area contributed by atoms with E-state index in [1.807, 2.05) is 0 Å². The Hall–Kier alpha value is -1.79. The highest BCUT2D eigenvalue weighted by atomic mass is 35.5. The van der Waals surface area contributed by atoms with Crippen LogP contribution in [0, 0.1) is 0 Å². The average Bonchev–Trinajstić information content (AvgIpc) is 2.60. The molecule has 0 radical (unpaired) electrons. The van der Waals surface area contributed by atoms with Crippen molar-refractivity contribution >= 4 is 29.3 Å². The number of amides is 2. The predicted molar refractivity (Wildman–Crippen MR) is 101 cm³/mol. The second kappa shape index (κ2) is 11.7. The molecule has 0 unspecified atom stereocenters. The van der Waals surface area contributed by atoms with E-state index in [-0.39, 0.29) is 18.4 Å². The number of nitrogens with zero attached hydrogens (tertiary/aromatic N) is 2. The zero-order valence-electron chi connectivity index (χ0n) is 15.3. The van der Waals surface area contributed by atoms with Gasteiger partial charge in [0.15, 0.2) is 0 Å². The van der Waals surface area contributed by atoms with E-state index in [1.165, 1.54) is 0 Å². The molecule has 0 saturated heterocycles. The molecule has 0 aliphatic carbocycles. The van der Waals surface area contributed by atoms with E-state index < -0.39 is 0 Å². The number of urea groups is 1. The van der Waals surface area contributed by atoms with Crippen molar-refractivity contribution in [3.8, 4) is 0 Å². The number of anilines is 1. The Balaban J connectivity index is 2.67. The van der Waals surface area contributed by atoms with E-state index in [1.54, 1.807) is 36.1 Å². The maximum Gasteiger partial charge on any atom is 0.321 e. The summed E-state index contributed by atoms with van der Waals surface area (Å²) < 4.78 is 4.95. The zero-order chi connectivity index (χ0) is 18.7. The van der Waals surface area contributed by atoms with E-state index >= 15 is 0 Å². The topological polar surface area (TPSA) is 61.9 Å². The van der Waals surface area contributed by atoms with Crippen LogP contribution in [0.4, 0.5) is 10.5 Å². The molecule has 0 saturated carbocycles. The summed E-state index contributed by atoms with van der Waals surface area (Å²) in [5.41, 5.74) is 0.665. The van der Waals surface area contributed by atoms with Gasteiger partial charge in [-0.05, 0) is 44.3 Å². The van der Waals surface area contributed by atoms with Crippen LogP contribution in [-0.4, -0.2) is 61.1 Å². The molecule has 0 aliphatic rings.